The van der Waals surface area contributed by atoms with E-state index in [9.17, 15) is 0 Å². The molecule has 2 heterocycles. The lowest BCUT2D eigenvalue weighted by Gasteiger charge is -2.39. The van der Waals surface area contributed by atoms with E-state index in [1.807, 2.05) is 19.3 Å². The molecule has 0 fully saturated rings. The molecule has 2 atom stereocenters. The van der Waals surface area contributed by atoms with E-state index in [0.717, 1.165) is 19.4 Å². The van der Waals surface area contributed by atoms with Gasteiger partial charge in [0.05, 0.1) is 12.3 Å². The topological polar surface area (TPSA) is 48.5 Å². The molecule has 3 N–H and O–H groups in total. The van der Waals surface area contributed by atoms with Gasteiger partial charge in [0, 0.05) is 30.3 Å². The number of hydrogen-bond acceptors (Lipinski definition) is 4. The zero-order valence-electron chi connectivity index (χ0n) is 15.7. The average Bonchev–Trinajstić information content (AvgIpc) is 2.97. The minimum absolute atomic E-state index is 0.247. The fraction of sp³-hybridized carbons (Fsp3) is 0.261. The summed E-state index contributed by atoms with van der Waals surface area (Å²) in [4.78, 5) is 0. The van der Waals surface area contributed by atoms with Crippen LogP contribution in [0.4, 0.5) is 5.69 Å². The van der Waals surface area contributed by atoms with Crippen molar-refractivity contribution in [1.29, 1.82) is 0 Å². The maximum absolute atomic E-state index is 4.79. The molecule has 1 aliphatic carbocycles. The molecule has 4 rings (SSSR count). The number of allylic oxidation sites excluding steroid dienone is 7. The SMILES string of the molecule is CN/C=C\C=C/CC1Nc2cccc3c2C(=NNC3)C1C1=CC=CC=CC1. The molecular formula is C23H26N4. The third kappa shape index (κ3) is 3.61. The van der Waals surface area contributed by atoms with Crippen LogP contribution >= 0.6 is 0 Å². The van der Waals surface area contributed by atoms with Crippen LogP contribution in [0, 0.1) is 5.92 Å². The van der Waals surface area contributed by atoms with E-state index >= 15 is 0 Å². The largest absolute Gasteiger partial charge is 0.394 e. The highest BCUT2D eigenvalue weighted by Gasteiger charge is 2.37. The Kier molecular flexibility index (Phi) is 5.24. The molecule has 0 amide bonds. The van der Waals surface area contributed by atoms with E-state index in [4.69, 9.17) is 5.10 Å². The fourth-order valence-electron chi connectivity index (χ4n) is 4.04. The van der Waals surface area contributed by atoms with Crippen molar-refractivity contribution in [3.8, 4) is 0 Å². The Bertz CT molecular complexity index is 870. The molecule has 4 heteroatoms. The summed E-state index contributed by atoms with van der Waals surface area (Å²) < 4.78 is 0. The van der Waals surface area contributed by atoms with Crippen molar-refractivity contribution in [3.05, 3.63) is 89.7 Å². The summed E-state index contributed by atoms with van der Waals surface area (Å²) in [5, 5.41) is 11.6. The first-order valence-electron chi connectivity index (χ1n) is 9.59. The van der Waals surface area contributed by atoms with E-state index < -0.39 is 0 Å². The highest BCUT2D eigenvalue weighted by molar-refractivity contribution is 6.11. The van der Waals surface area contributed by atoms with Gasteiger partial charge in [0.2, 0.25) is 0 Å². The first-order valence-corrected chi connectivity index (χ1v) is 9.59. The molecule has 0 saturated heterocycles. The van der Waals surface area contributed by atoms with Crippen LogP contribution in [0.3, 0.4) is 0 Å². The molecule has 0 bridgehead atoms. The summed E-state index contributed by atoms with van der Waals surface area (Å²) in [7, 11) is 1.91. The summed E-state index contributed by atoms with van der Waals surface area (Å²) >= 11 is 0. The predicted molar refractivity (Wildman–Crippen MR) is 114 cm³/mol. The Labute approximate surface area is 161 Å². The Morgan fingerprint density at radius 2 is 2.19 bits per heavy atom. The highest BCUT2D eigenvalue weighted by Crippen LogP contribution is 2.38. The first kappa shape index (κ1) is 17.4. The number of nitrogens with one attached hydrogen (secondary N) is 3. The second-order valence-corrected chi connectivity index (χ2v) is 6.97. The van der Waals surface area contributed by atoms with Gasteiger partial charge in [-0.25, -0.2) is 0 Å². The summed E-state index contributed by atoms with van der Waals surface area (Å²) in [6, 6.07) is 6.78. The maximum Gasteiger partial charge on any atom is 0.0791 e. The van der Waals surface area contributed by atoms with Crippen LogP contribution in [0.2, 0.25) is 0 Å². The Morgan fingerprint density at radius 1 is 1.22 bits per heavy atom. The van der Waals surface area contributed by atoms with Gasteiger partial charge in [0.15, 0.2) is 0 Å². The predicted octanol–water partition coefficient (Wildman–Crippen LogP) is 4.03. The number of benzene rings is 1. The third-order valence-corrected chi connectivity index (χ3v) is 5.24. The monoisotopic (exact) mass is 358 g/mol. The zero-order chi connectivity index (χ0) is 18.5. The molecular weight excluding hydrogens is 332 g/mol. The minimum atomic E-state index is 0.247. The maximum atomic E-state index is 4.79. The van der Waals surface area contributed by atoms with Crippen LogP contribution in [0.15, 0.2) is 83.7 Å². The molecule has 0 aromatic heterocycles. The number of nitrogens with zero attached hydrogens (tertiary/aromatic N) is 1. The van der Waals surface area contributed by atoms with Crippen molar-refractivity contribution < 1.29 is 0 Å². The van der Waals surface area contributed by atoms with Crippen LogP contribution in [-0.2, 0) is 6.54 Å². The Morgan fingerprint density at radius 3 is 3.11 bits per heavy atom. The van der Waals surface area contributed by atoms with Crippen LogP contribution < -0.4 is 16.1 Å². The Hall–Kier alpha value is -3.01. The van der Waals surface area contributed by atoms with Crippen LogP contribution in [0.5, 0.6) is 0 Å². The Balaban J connectivity index is 1.71. The second-order valence-electron chi connectivity index (χ2n) is 6.97. The number of hydrazone groups is 1. The van der Waals surface area contributed by atoms with Crippen molar-refractivity contribution in [2.45, 2.75) is 25.4 Å². The molecule has 138 valence electrons. The number of hydrogen-bond donors (Lipinski definition) is 3. The molecule has 0 radical (unpaired) electrons. The van der Waals surface area contributed by atoms with Crippen LogP contribution in [0.25, 0.3) is 0 Å². The van der Waals surface area contributed by atoms with Gasteiger partial charge < -0.3 is 16.1 Å². The van der Waals surface area contributed by atoms with Crippen molar-refractivity contribution in [2.24, 2.45) is 11.0 Å². The molecule has 1 aromatic carbocycles. The van der Waals surface area contributed by atoms with E-state index in [-0.39, 0.29) is 12.0 Å². The lowest BCUT2D eigenvalue weighted by atomic mass is 9.76. The van der Waals surface area contributed by atoms with Gasteiger partial charge in [-0.2, -0.15) is 5.10 Å². The molecule has 0 spiro atoms. The van der Waals surface area contributed by atoms with E-state index in [0.29, 0.717) is 0 Å². The number of anilines is 1. The van der Waals surface area contributed by atoms with Gasteiger partial charge >= 0.3 is 0 Å². The summed E-state index contributed by atoms with van der Waals surface area (Å²) in [6.45, 7) is 0.791. The first-order chi connectivity index (χ1) is 13.4. The quantitative estimate of drug-likeness (QED) is 0.697. The van der Waals surface area contributed by atoms with Gasteiger partial charge in [0.1, 0.15) is 0 Å². The summed E-state index contributed by atoms with van der Waals surface area (Å²) in [5.41, 5.74) is 9.63. The van der Waals surface area contributed by atoms with E-state index in [1.54, 1.807) is 0 Å². The zero-order valence-corrected chi connectivity index (χ0v) is 15.7. The highest BCUT2D eigenvalue weighted by atomic mass is 15.3. The van der Waals surface area contributed by atoms with Gasteiger partial charge in [-0.3, -0.25) is 0 Å². The molecule has 27 heavy (non-hydrogen) atoms. The smallest absolute Gasteiger partial charge is 0.0791 e. The van der Waals surface area contributed by atoms with Crippen molar-refractivity contribution in [1.82, 2.24) is 10.7 Å². The van der Waals surface area contributed by atoms with Crippen LogP contribution in [-0.4, -0.2) is 18.8 Å². The lowest BCUT2D eigenvalue weighted by Crippen LogP contribution is -2.43. The molecule has 2 aliphatic heterocycles. The average molecular weight is 358 g/mol. The van der Waals surface area contributed by atoms with E-state index in [2.05, 4.69) is 76.8 Å². The fourth-order valence-corrected chi connectivity index (χ4v) is 4.04. The van der Waals surface area contributed by atoms with Gasteiger partial charge in [-0.15, -0.1) is 0 Å². The minimum Gasteiger partial charge on any atom is -0.394 e. The van der Waals surface area contributed by atoms with E-state index in [1.165, 1.54) is 28.1 Å². The van der Waals surface area contributed by atoms with Gasteiger partial charge in [0.25, 0.3) is 0 Å². The van der Waals surface area contributed by atoms with Gasteiger partial charge in [-0.1, -0.05) is 60.2 Å². The normalized spacial score (nSPS) is 23.3. The van der Waals surface area contributed by atoms with Crippen molar-refractivity contribution >= 4 is 11.4 Å². The molecule has 0 saturated carbocycles. The van der Waals surface area contributed by atoms with Gasteiger partial charge in [-0.05, 0) is 36.7 Å². The molecule has 2 unspecified atom stereocenters. The number of rotatable bonds is 5. The lowest BCUT2D eigenvalue weighted by molar-refractivity contribution is 0.593. The molecule has 4 nitrogen and oxygen atoms in total. The second kappa shape index (κ2) is 8.12. The third-order valence-electron chi connectivity index (χ3n) is 5.24. The standard InChI is InChI=1S/C23H26N4/c1-24-15-8-4-7-13-19-21(17-10-5-2-3-6-11-17)23-22-18(16-25-27-23)12-9-14-20(22)26-19/h2-10,12,14-15,19,21,24-26H,11,13,16H2,1H3/b7-4-,15-8-. The molecule has 1 aromatic rings. The van der Waals surface area contributed by atoms with Crippen molar-refractivity contribution in [2.75, 3.05) is 12.4 Å². The summed E-state index contributed by atoms with van der Waals surface area (Å²) in [5.74, 6) is 0.247. The molecule has 3 aliphatic rings. The van der Waals surface area contributed by atoms with Crippen LogP contribution in [0.1, 0.15) is 24.0 Å². The van der Waals surface area contributed by atoms with Crippen molar-refractivity contribution in [3.63, 3.8) is 0 Å². The summed E-state index contributed by atoms with van der Waals surface area (Å²) in [6.07, 6.45) is 21.0.